The highest BCUT2D eigenvalue weighted by Gasteiger charge is 2.26. The van der Waals surface area contributed by atoms with E-state index >= 15 is 0 Å². The fourth-order valence-corrected chi connectivity index (χ4v) is 4.69. The van der Waals surface area contributed by atoms with Crippen LogP contribution < -0.4 is 10.1 Å². The average Bonchev–Trinajstić information content (AvgIpc) is 3.18. The first kappa shape index (κ1) is 20.9. The normalized spacial score (nSPS) is 11.4. The first-order chi connectivity index (χ1) is 13.8. The second-order valence-corrected chi connectivity index (χ2v) is 9.50. The van der Waals surface area contributed by atoms with Crippen LogP contribution in [0, 0.1) is 6.92 Å². The van der Waals surface area contributed by atoms with Crippen molar-refractivity contribution in [2.24, 2.45) is 0 Å². The minimum Gasteiger partial charge on any atom is -0.497 e. The number of hydrogen-bond acceptors (Lipinski definition) is 7. The van der Waals surface area contributed by atoms with E-state index < -0.39 is 10.0 Å². The molecule has 0 atom stereocenters. The maximum absolute atomic E-state index is 12.8. The van der Waals surface area contributed by atoms with Gasteiger partial charge < -0.3 is 4.74 Å². The van der Waals surface area contributed by atoms with Gasteiger partial charge in [0.25, 0.3) is 15.9 Å². The molecule has 3 rings (SSSR count). The van der Waals surface area contributed by atoms with Gasteiger partial charge in [-0.2, -0.15) is 4.31 Å². The molecule has 8 nitrogen and oxygen atoms in total. The van der Waals surface area contributed by atoms with Crippen molar-refractivity contribution in [2.45, 2.75) is 17.8 Å². The van der Waals surface area contributed by atoms with E-state index in [-0.39, 0.29) is 21.9 Å². The molecule has 0 fully saturated rings. The van der Waals surface area contributed by atoms with E-state index in [0.717, 1.165) is 22.5 Å². The summed E-state index contributed by atoms with van der Waals surface area (Å²) in [5, 5.41) is 10.2. The van der Waals surface area contributed by atoms with Gasteiger partial charge in [0.1, 0.15) is 5.75 Å². The molecule has 0 unspecified atom stereocenters. The smallest absolute Gasteiger partial charge is 0.272 e. The zero-order valence-electron chi connectivity index (χ0n) is 16.1. The number of benzene rings is 2. The summed E-state index contributed by atoms with van der Waals surface area (Å²) in [5.41, 5.74) is 2.28. The number of aromatic nitrogens is 2. The van der Waals surface area contributed by atoms with Crippen LogP contribution in [0.5, 0.6) is 5.75 Å². The molecular weight excluding hydrogens is 412 g/mol. The standard InChI is InChI=1S/C19H20N4O4S2/c1-13-4-8-15(9-5-13)17(24)20-18-21-22-19(28-18)29(25,26)23(2)12-14-6-10-16(27-3)11-7-14/h4-11H,12H2,1-3H3,(H,20,21,24). The van der Waals surface area contributed by atoms with Gasteiger partial charge in [-0.1, -0.05) is 41.2 Å². The molecule has 0 radical (unpaired) electrons. The molecular formula is C19H20N4O4S2. The van der Waals surface area contributed by atoms with E-state index in [9.17, 15) is 13.2 Å². The Hall–Kier alpha value is -2.82. The van der Waals surface area contributed by atoms with Crippen LogP contribution in [0.4, 0.5) is 5.13 Å². The van der Waals surface area contributed by atoms with Crippen LogP contribution in [0.1, 0.15) is 21.5 Å². The van der Waals surface area contributed by atoms with Gasteiger partial charge in [0.05, 0.1) is 7.11 Å². The molecule has 0 aliphatic carbocycles. The highest BCUT2D eigenvalue weighted by molar-refractivity contribution is 7.91. The number of aryl methyl sites for hydroxylation is 1. The summed E-state index contributed by atoms with van der Waals surface area (Å²) >= 11 is 0.807. The summed E-state index contributed by atoms with van der Waals surface area (Å²) < 4.78 is 31.6. The van der Waals surface area contributed by atoms with E-state index in [4.69, 9.17) is 4.74 Å². The van der Waals surface area contributed by atoms with E-state index in [1.165, 1.54) is 11.4 Å². The Bertz CT molecular complexity index is 1090. The summed E-state index contributed by atoms with van der Waals surface area (Å²) in [6, 6.07) is 14.1. The molecule has 3 aromatic rings. The zero-order valence-corrected chi connectivity index (χ0v) is 17.8. The van der Waals surface area contributed by atoms with Crippen molar-refractivity contribution in [3.63, 3.8) is 0 Å². The summed E-state index contributed by atoms with van der Waals surface area (Å²) in [4.78, 5) is 12.3. The summed E-state index contributed by atoms with van der Waals surface area (Å²) in [5.74, 6) is 0.314. The SMILES string of the molecule is COc1ccc(CN(C)S(=O)(=O)c2nnc(NC(=O)c3ccc(C)cc3)s2)cc1. The van der Waals surface area contributed by atoms with Crippen LogP contribution in [-0.4, -0.2) is 43.0 Å². The van der Waals surface area contributed by atoms with Crippen LogP contribution in [-0.2, 0) is 16.6 Å². The third-order valence-corrected chi connectivity index (χ3v) is 7.12. The largest absolute Gasteiger partial charge is 0.497 e. The molecule has 29 heavy (non-hydrogen) atoms. The fraction of sp³-hybridized carbons (Fsp3) is 0.211. The number of hydrogen-bond donors (Lipinski definition) is 1. The van der Waals surface area contributed by atoms with Crippen LogP contribution in [0.15, 0.2) is 52.9 Å². The second-order valence-electron chi connectivity index (χ2n) is 6.30. The molecule has 1 heterocycles. The first-order valence-electron chi connectivity index (χ1n) is 8.60. The molecule has 0 aliphatic rings. The van der Waals surface area contributed by atoms with Crippen molar-refractivity contribution in [3.05, 3.63) is 65.2 Å². The lowest BCUT2D eigenvalue weighted by atomic mass is 10.1. The summed E-state index contributed by atoms with van der Waals surface area (Å²) in [6.45, 7) is 2.09. The Morgan fingerprint density at radius 1 is 1.10 bits per heavy atom. The number of amides is 1. The predicted octanol–water partition coefficient (Wildman–Crippen LogP) is 2.93. The number of nitrogens with one attached hydrogen (secondary N) is 1. The first-order valence-corrected chi connectivity index (χ1v) is 10.9. The Balaban J connectivity index is 1.70. The highest BCUT2D eigenvalue weighted by atomic mass is 32.2. The van der Waals surface area contributed by atoms with Crippen molar-refractivity contribution >= 4 is 32.4 Å². The van der Waals surface area contributed by atoms with Crippen LogP contribution in [0.2, 0.25) is 0 Å². The zero-order chi connectivity index (χ0) is 21.0. The maximum Gasteiger partial charge on any atom is 0.272 e. The van der Waals surface area contributed by atoms with Gasteiger partial charge in [-0.25, -0.2) is 8.42 Å². The van der Waals surface area contributed by atoms with Crippen molar-refractivity contribution in [1.29, 1.82) is 0 Å². The number of sulfonamides is 1. The lowest BCUT2D eigenvalue weighted by Crippen LogP contribution is -2.26. The number of carbonyl (C=O) groups is 1. The molecule has 1 amide bonds. The Morgan fingerprint density at radius 2 is 1.76 bits per heavy atom. The van der Waals surface area contributed by atoms with Gasteiger partial charge in [-0.05, 0) is 36.8 Å². The van der Waals surface area contributed by atoms with Gasteiger partial charge in [0, 0.05) is 19.2 Å². The number of nitrogens with zero attached hydrogens (tertiary/aromatic N) is 3. The van der Waals surface area contributed by atoms with Crippen molar-refractivity contribution in [1.82, 2.24) is 14.5 Å². The van der Waals surface area contributed by atoms with Gasteiger partial charge in [0.15, 0.2) is 0 Å². The highest BCUT2D eigenvalue weighted by Crippen LogP contribution is 2.24. The van der Waals surface area contributed by atoms with Crippen LogP contribution >= 0.6 is 11.3 Å². The van der Waals surface area contributed by atoms with Gasteiger partial charge in [-0.3, -0.25) is 10.1 Å². The quantitative estimate of drug-likeness (QED) is 0.576. The predicted molar refractivity (Wildman–Crippen MR) is 111 cm³/mol. The van der Waals surface area contributed by atoms with Crippen molar-refractivity contribution in [3.8, 4) is 5.75 Å². The lowest BCUT2D eigenvalue weighted by Gasteiger charge is -2.15. The molecule has 0 aliphatic heterocycles. The summed E-state index contributed by atoms with van der Waals surface area (Å²) in [6.07, 6.45) is 0. The number of rotatable bonds is 7. The minimum atomic E-state index is -3.84. The fourth-order valence-electron chi connectivity index (χ4n) is 2.45. The number of anilines is 1. The van der Waals surface area contributed by atoms with Gasteiger partial charge in [0.2, 0.25) is 9.47 Å². The van der Waals surface area contributed by atoms with E-state index in [1.807, 2.05) is 19.1 Å². The molecule has 1 aromatic heterocycles. The average molecular weight is 433 g/mol. The number of methoxy groups -OCH3 is 1. The molecule has 1 N–H and O–H groups in total. The summed E-state index contributed by atoms with van der Waals surface area (Å²) in [7, 11) is -0.813. The van der Waals surface area contributed by atoms with Crippen molar-refractivity contribution in [2.75, 3.05) is 19.5 Å². The van der Waals surface area contributed by atoms with E-state index in [0.29, 0.717) is 11.3 Å². The van der Waals surface area contributed by atoms with Gasteiger partial charge in [-0.15, -0.1) is 10.2 Å². The van der Waals surface area contributed by atoms with E-state index in [1.54, 1.807) is 43.5 Å². The Kier molecular flexibility index (Phi) is 6.26. The molecule has 0 saturated carbocycles. The Labute approximate surface area is 173 Å². The molecule has 10 heteroatoms. The number of carbonyl (C=O) groups excluding carboxylic acids is 1. The molecule has 0 saturated heterocycles. The third-order valence-electron chi connectivity index (χ3n) is 4.14. The van der Waals surface area contributed by atoms with Gasteiger partial charge >= 0.3 is 0 Å². The molecule has 2 aromatic carbocycles. The molecule has 0 bridgehead atoms. The molecule has 152 valence electrons. The maximum atomic E-state index is 12.8. The minimum absolute atomic E-state index is 0.118. The topological polar surface area (TPSA) is 101 Å². The van der Waals surface area contributed by atoms with Crippen LogP contribution in [0.3, 0.4) is 0 Å². The van der Waals surface area contributed by atoms with Crippen molar-refractivity contribution < 1.29 is 17.9 Å². The molecule has 0 spiro atoms. The Morgan fingerprint density at radius 3 is 2.38 bits per heavy atom. The second kappa shape index (κ2) is 8.68. The monoisotopic (exact) mass is 432 g/mol. The third kappa shape index (κ3) is 4.97. The number of ether oxygens (including phenoxy) is 1. The van der Waals surface area contributed by atoms with Crippen LogP contribution in [0.25, 0.3) is 0 Å². The van der Waals surface area contributed by atoms with E-state index in [2.05, 4.69) is 15.5 Å². The lowest BCUT2D eigenvalue weighted by molar-refractivity contribution is 0.102.